The molecule has 724 valence electrons. The summed E-state index contributed by atoms with van der Waals surface area (Å²) in [6.07, 6.45) is -0.200. The van der Waals surface area contributed by atoms with Crippen molar-refractivity contribution in [3.8, 4) is 0 Å². The van der Waals surface area contributed by atoms with Crippen LogP contribution in [0.25, 0.3) is 0 Å². The molecule has 1 aromatic rings. The second kappa shape index (κ2) is 51.4. The van der Waals surface area contributed by atoms with Gasteiger partial charge < -0.3 is 142 Å². The number of aliphatic carboxylic acids is 4. The number of rotatable bonds is 52. The van der Waals surface area contributed by atoms with Crippen molar-refractivity contribution < 1.29 is 131 Å². The van der Waals surface area contributed by atoms with Gasteiger partial charge in [-0.1, -0.05) is 34.1 Å². The minimum absolute atomic E-state index is 0.00597. The van der Waals surface area contributed by atoms with Gasteiger partial charge in [0.1, 0.15) is 84.6 Å². The third-order valence-electron chi connectivity index (χ3n) is 22.7. The summed E-state index contributed by atoms with van der Waals surface area (Å²) in [5, 5.41) is 83.5. The van der Waals surface area contributed by atoms with E-state index >= 15 is 0 Å². The highest BCUT2D eigenvalue weighted by molar-refractivity contribution is 6.02. The summed E-state index contributed by atoms with van der Waals surface area (Å²) in [5.74, 6) is -25.9. The van der Waals surface area contributed by atoms with Crippen LogP contribution < -0.4 is 97.0 Å². The number of hydrogen-bond acceptors (Lipinski definition) is 26. The Morgan fingerprint density at radius 1 is 0.443 bits per heavy atom. The van der Waals surface area contributed by atoms with Crippen LogP contribution in [0.15, 0.2) is 12.5 Å². The van der Waals surface area contributed by atoms with E-state index in [0.29, 0.717) is 25.8 Å². The van der Waals surface area contributed by atoms with Crippen LogP contribution >= 0.6 is 0 Å². The quantitative estimate of drug-likeness (QED) is 0.0164. The summed E-state index contributed by atoms with van der Waals surface area (Å²) < 4.78 is 0. The third-order valence-corrected chi connectivity index (χ3v) is 22.7. The summed E-state index contributed by atoms with van der Waals surface area (Å²) in [4.78, 5) is 319. The molecule has 5 saturated heterocycles. The second-order valence-corrected chi connectivity index (χ2v) is 32.9. The molecule has 19 amide bonds. The molecule has 6 rings (SSSR count). The SMILES string of the molecule is CC[C@H](C)[C@H](NC(=O)[C@@H]1CCCN1C(=O)[C@H](CC(=O)O)NC(=O)CNC(=O)[C@H](Cc1cnc[nH]1)NC(=O)[C@@H]1CCCN1C(=O)[C@H](CC(=O)O)NC(=O)[C@H](CCCNC(=N)N)NC(=O)[C@H](CCC(N)=O)NC(=O)[C@@H]1CCCN1)C(=O)N1CCC[C@H]1C(=O)NCC(=O)N[C@@H](C)C(=O)N[C@@H](CC(=O)O)C(=O)NCC(=O)N[C@@H](CCC(N)=O)C(=O)N[C@H](C(=O)N1CCC[C@H]1C(=O)O)C(C)C. The van der Waals surface area contributed by atoms with Gasteiger partial charge in [0.25, 0.3) is 0 Å². The van der Waals surface area contributed by atoms with E-state index in [9.17, 15) is 131 Å². The number of primary amides is 2. The number of H-pyrrole nitrogens is 1. The van der Waals surface area contributed by atoms with Gasteiger partial charge in [-0.25, -0.2) is 9.78 Å². The topological polar surface area (TPSA) is 798 Å². The monoisotopic (exact) mass is 1850 g/mol. The summed E-state index contributed by atoms with van der Waals surface area (Å²) in [6, 6.07) is -21.8. The number of carbonyl (C=O) groups is 23. The number of imidazole rings is 1. The zero-order valence-corrected chi connectivity index (χ0v) is 73.3. The number of carbonyl (C=O) groups excluding carboxylic acids is 19. The van der Waals surface area contributed by atoms with Crippen molar-refractivity contribution >= 4 is 142 Å². The molecule has 0 saturated carbocycles. The Bertz CT molecular complexity index is 4370. The molecule has 0 unspecified atom stereocenters. The summed E-state index contributed by atoms with van der Waals surface area (Å²) in [5.41, 5.74) is 16.4. The summed E-state index contributed by atoms with van der Waals surface area (Å²) in [6.45, 7) is 5.17. The van der Waals surface area contributed by atoms with E-state index < -0.39 is 296 Å². The largest absolute Gasteiger partial charge is 0.481 e. The molecule has 6 heterocycles. The van der Waals surface area contributed by atoms with E-state index in [1.165, 1.54) is 17.4 Å². The third kappa shape index (κ3) is 33.1. The van der Waals surface area contributed by atoms with Crippen LogP contribution in [-0.4, -0.2) is 342 Å². The Morgan fingerprint density at radius 2 is 0.870 bits per heavy atom. The van der Waals surface area contributed by atoms with Crippen LogP contribution in [-0.2, 0) is 117 Å². The molecule has 16 atom stereocenters. The number of hydrogen-bond donors (Lipinski definition) is 24. The normalized spacial score (nSPS) is 19.4. The lowest BCUT2D eigenvalue weighted by Crippen LogP contribution is -2.60. The van der Waals surface area contributed by atoms with Gasteiger partial charge in [0.05, 0.1) is 51.3 Å². The van der Waals surface area contributed by atoms with Crippen LogP contribution in [0.5, 0.6) is 0 Å². The predicted molar refractivity (Wildman–Crippen MR) is 451 cm³/mol. The lowest BCUT2D eigenvalue weighted by Gasteiger charge is -2.33. The zero-order valence-electron chi connectivity index (χ0n) is 73.3. The van der Waals surface area contributed by atoms with Crippen LogP contribution in [0.4, 0.5) is 0 Å². The number of amides is 19. The van der Waals surface area contributed by atoms with Crippen molar-refractivity contribution in [1.82, 2.24) is 109 Å². The van der Waals surface area contributed by atoms with Crippen molar-refractivity contribution in [3.05, 3.63) is 18.2 Å². The van der Waals surface area contributed by atoms with Gasteiger partial charge in [-0.15, -0.1) is 0 Å². The van der Waals surface area contributed by atoms with E-state index in [1.807, 2.05) is 0 Å². The first kappa shape index (κ1) is 106. The Balaban J connectivity index is 1.04. The lowest BCUT2D eigenvalue weighted by atomic mass is 9.96. The minimum atomic E-state index is -1.90. The number of nitrogens with one attached hydrogen (secondary N) is 17. The van der Waals surface area contributed by atoms with E-state index in [-0.39, 0.29) is 122 Å². The molecule has 5 aliphatic heterocycles. The van der Waals surface area contributed by atoms with Gasteiger partial charge in [0.2, 0.25) is 112 Å². The molecule has 131 heavy (non-hydrogen) atoms. The fraction of sp³-hybridized carbons (Fsp3) is 0.658. The van der Waals surface area contributed by atoms with E-state index in [2.05, 4.69) is 89.7 Å². The predicted octanol–water partition coefficient (Wildman–Crippen LogP) is -10.1. The first-order valence-corrected chi connectivity index (χ1v) is 43.2. The molecule has 0 aromatic carbocycles. The van der Waals surface area contributed by atoms with Gasteiger partial charge in [0, 0.05) is 63.9 Å². The molecule has 0 spiro atoms. The highest BCUT2D eigenvalue weighted by atomic mass is 16.4. The molecule has 5 fully saturated rings. The Kier molecular flexibility index (Phi) is 41.6. The molecule has 0 radical (unpaired) electrons. The van der Waals surface area contributed by atoms with Crippen LogP contribution in [0, 0.1) is 17.2 Å². The van der Waals surface area contributed by atoms with Crippen LogP contribution in [0.3, 0.4) is 0 Å². The second-order valence-electron chi connectivity index (χ2n) is 32.9. The zero-order chi connectivity index (χ0) is 97.2. The highest BCUT2D eigenvalue weighted by Crippen LogP contribution is 2.27. The minimum Gasteiger partial charge on any atom is -0.481 e. The number of aromatic nitrogens is 2. The molecule has 27 N–H and O–H groups in total. The standard InChI is InChI=1S/C79H121N25O27/c1-6-39(4)63(77(129)103-27-9-15-50(103)71(123)89-34-56(107)91-40(5)64(116)96-47(30-59(110)111)66(118)88-35-57(108)92-44(19-21-54(80)105)70(122)99-62(38(2)3)76(128)104-28-12-18-53(104)78(130)131)100-73(125)52-17-11-26-102(52)74(126)48(31-60(112)113)93-58(109)36-87-65(117)46(29-41-33-84-37-90-41)97-72(124)51-16-10-25-101(51)75(127)49(32-61(114)115)98-68(120)43(14-8-24-86-79(82)83)94-69(121)45(20-22-55(81)106)95-67(119)42-13-7-23-85-42/h33,37-40,42-53,62-63,85H,6-32,34-36H2,1-5H3,(H2,80,105)(H2,81,106)(H,84,90)(H,87,117)(H,88,118)(H,89,123)(H,91,107)(H,92,108)(H,93,109)(H,94,121)(H,95,119)(H,96,116)(H,97,124)(H,98,120)(H,99,122)(H,100,125)(H,110,111)(H,112,113)(H,114,115)(H,130,131)(H4,82,83,86)/t39-,40-,42-,43-,44-,45-,46-,47-,48-,49-,50-,51-,52-,53-,62-,63-/m0/s1. The van der Waals surface area contributed by atoms with Crippen LogP contribution in [0.1, 0.15) is 169 Å². The van der Waals surface area contributed by atoms with Gasteiger partial charge in [-0.2, -0.15) is 0 Å². The molecule has 5 aliphatic rings. The number of nitrogens with zero attached hydrogens (tertiary/aromatic N) is 5. The van der Waals surface area contributed by atoms with E-state index in [1.54, 1.807) is 27.7 Å². The number of nitrogens with two attached hydrogens (primary N) is 3. The average molecular weight is 1850 g/mol. The Morgan fingerprint density at radius 3 is 1.36 bits per heavy atom. The van der Waals surface area contributed by atoms with Crippen LogP contribution in [0.2, 0.25) is 0 Å². The fourth-order valence-corrected chi connectivity index (χ4v) is 15.5. The molecule has 1 aromatic heterocycles. The fourth-order valence-electron chi connectivity index (χ4n) is 15.5. The van der Waals surface area contributed by atoms with Gasteiger partial charge in [-0.3, -0.25) is 111 Å². The maximum absolute atomic E-state index is 14.6. The number of likely N-dealkylation sites (tertiary alicyclic amines) is 4. The van der Waals surface area contributed by atoms with Crippen molar-refractivity contribution in [2.45, 2.75) is 260 Å². The smallest absolute Gasteiger partial charge is 0.326 e. The van der Waals surface area contributed by atoms with Crippen molar-refractivity contribution in [1.29, 1.82) is 5.41 Å². The van der Waals surface area contributed by atoms with Crippen molar-refractivity contribution in [2.24, 2.45) is 29.0 Å². The first-order valence-electron chi connectivity index (χ1n) is 43.2. The molecular formula is C79H121N25O27. The van der Waals surface area contributed by atoms with Gasteiger partial charge >= 0.3 is 23.9 Å². The maximum atomic E-state index is 14.6. The molecule has 52 heteroatoms. The molecular weight excluding hydrogens is 1730 g/mol. The number of carboxylic acid groups (broad SMARTS) is 4. The Hall–Kier alpha value is -13.7. The number of guanidine groups is 1. The van der Waals surface area contributed by atoms with Crippen molar-refractivity contribution in [2.75, 3.05) is 58.9 Å². The summed E-state index contributed by atoms with van der Waals surface area (Å²) >= 11 is 0. The molecule has 52 nitrogen and oxygen atoms in total. The van der Waals surface area contributed by atoms with Gasteiger partial charge in [0.15, 0.2) is 5.96 Å². The number of aromatic amines is 1. The Labute approximate surface area is 750 Å². The molecule has 0 bridgehead atoms. The first-order chi connectivity index (χ1) is 61.9. The number of carboxylic acids is 4. The lowest BCUT2D eigenvalue weighted by molar-refractivity contribution is -0.150. The molecule has 0 aliphatic carbocycles. The van der Waals surface area contributed by atoms with E-state index in [4.69, 9.17) is 22.6 Å². The highest BCUT2D eigenvalue weighted by Gasteiger charge is 2.47. The summed E-state index contributed by atoms with van der Waals surface area (Å²) in [7, 11) is 0. The average Bonchev–Trinajstić information content (AvgIpc) is 1.66. The van der Waals surface area contributed by atoms with Gasteiger partial charge in [-0.05, 0) is 115 Å². The van der Waals surface area contributed by atoms with Crippen molar-refractivity contribution in [3.63, 3.8) is 0 Å². The maximum Gasteiger partial charge on any atom is 0.326 e. The van der Waals surface area contributed by atoms with E-state index in [0.717, 1.165) is 21.6 Å².